The normalized spacial score (nSPS) is 19.4. The van der Waals surface area contributed by atoms with Gasteiger partial charge in [-0.2, -0.15) is 0 Å². The first-order valence-corrected chi connectivity index (χ1v) is 9.23. The molecule has 1 unspecified atom stereocenters. The summed E-state index contributed by atoms with van der Waals surface area (Å²) >= 11 is 0. The molecule has 1 N–H and O–H groups in total. The van der Waals surface area contributed by atoms with Crippen LogP contribution in [0.1, 0.15) is 36.3 Å². The SMILES string of the molecule is C=NCC(C[C@H]1CCCN(Cc2ccccc2O)C1)c1ccccc1. The molecule has 2 atom stereocenters. The summed E-state index contributed by atoms with van der Waals surface area (Å²) in [5, 5.41) is 10.0. The van der Waals surface area contributed by atoms with E-state index >= 15 is 0 Å². The van der Waals surface area contributed by atoms with Crippen LogP contribution in [-0.2, 0) is 6.54 Å². The first-order valence-electron chi connectivity index (χ1n) is 9.23. The fraction of sp³-hybridized carbons (Fsp3) is 0.409. The number of aliphatic imine (C=N–C) groups is 1. The van der Waals surface area contributed by atoms with Gasteiger partial charge in [-0.3, -0.25) is 4.90 Å². The van der Waals surface area contributed by atoms with Crippen molar-refractivity contribution >= 4 is 6.72 Å². The highest BCUT2D eigenvalue weighted by Gasteiger charge is 2.24. The number of piperidine rings is 1. The second kappa shape index (κ2) is 8.82. The molecule has 1 saturated heterocycles. The molecular weight excluding hydrogens is 308 g/mol. The van der Waals surface area contributed by atoms with Crippen LogP contribution in [0, 0.1) is 5.92 Å². The second-order valence-electron chi connectivity index (χ2n) is 7.12. The molecule has 1 aliphatic heterocycles. The summed E-state index contributed by atoms with van der Waals surface area (Å²) < 4.78 is 0. The molecule has 0 aromatic heterocycles. The van der Waals surface area contributed by atoms with Crippen LogP contribution in [-0.4, -0.2) is 36.4 Å². The van der Waals surface area contributed by atoms with Crippen LogP contribution in [0.3, 0.4) is 0 Å². The molecule has 3 heteroatoms. The fourth-order valence-electron chi connectivity index (χ4n) is 3.97. The summed E-state index contributed by atoms with van der Waals surface area (Å²) in [6.07, 6.45) is 3.65. The van der Waals surface area contributed by atoms with Crippen molar-refractivity contribution in [1.29, 1.82) is 0 Å². The minimum absolute atomic E-state index is 0.405. The number of benzene rings is 2. The number of phenols is 1. The Morgan fingerprint density at radius 1 is 1.12 bits per heavy atom. The zero-order chi connectivity index (χ0) is 17.5. The number of rotatable bonds is 7. The molecular formula is C22H28N2O. The Morgan fingerprint density at radius 3 is 2.64 bits per heavy atom. The highest BCUT2D eigenvalue weighted by atomic mass is 16.3. The van der Waals surface area contributed by atoms with E-state index in [1.165, 1.54) is 18.4 Å². The van der Waals surface area contributed by atoms with Gasteiger partial charge < -0.3 is 10.1 Å². The average Bonchev–Trinajstić information content (AvgIpc) is 2.64. The summed E-state index contributed by atoms with van der Waals surface area (Å²) in [6.45, 7) is 7.54. The van der Waals surface area contributed by atoms with Gasteiger partial charge in [0.2, 0.25) is 0 Å². The molecule has 0 radical (unpaired) electrons. The maximum absolute atomic E-state index is 10.0. The summed E-state index contributed by atoms with van der Waals surface area (Å²) in [5.41, 5.74) is 2.39. The van der Waals surface area contributed by atoms with Gasteiger partial charge in [0.1, 0.15) is 5.75 Å². The zero-order valence-electron chi connectivity index (χ0n) is 14.8. The van der Waals surface area contributed by atoms with Gasteiger partial charge in [0.05, 0.1) is 0 Å². The molecule has 0 saturated carbocycles. The largest absolute Gasteiger partial charge is 0.508 e. The fourth-order valence-corrected chi connectivity index (χ4v) is 3.97. The summed E-state index contributed by atoms with van der Waals surface area (Å²) in [4.78, 5) is 6.66. The minimum Gasteiger partial charge on any atom is -0.508 e. The maximum atomic E-state index is 10.0. The van der Waals surface area contributed by atoms with E-state index in [-0.39, 0.29) is 0 Å². The Kier molecular flexibility index (Phi) is 6.24. The summed E-state index contributed by atoms with van der Waals surface area (Å²) in [6, 6.07) is 18.4. The van der Waals surface area contributed by atoms with E-state index < -0.39 is 0 Å². The van der Waals surface area contributed by atoms with Crippen LogP contribution in [0.2, 0.25) is 0 Å². The van der Waals surface area contributed by atoms with E-state index in [9.17, 15) is 5.11 Å². The molecule has 2 aromatic rings. The van der Waals surface area contributed by atoms with E-state index in [2.05, 4.69) is 46.9 Å². The lowest BCUT2D eigenvalue weighted by Crippen LogP contribution is -2.35. The topological polar surface area (TPSA) is 35.8 Å². The lowest BCUT2D eigenvalue weighted by molar-refractivity contribution is 0.155. The van der Waals surface area contributed by atoms with Crippen LogP contribution in [0.4, 0.5) is 0 Å². The van der Waals surface area contributed by atoms with Crippen LogP contribution in [0.15, 0.2) is 59.6 Å². The molecule has 25 heavy (non-hydrogen) atoms. The van der Waals surface area contributed by atoms with Gasteiger partial charge in [0, 0.05) is 31.1 Å². The molecule has 0 amide bonds. The highest BCUT2D eigenvalue weighted by Crippen LogP contribution is 2.30. The van der Waals surface area contributed by atoms with E-state index in [0.29, 0.717) is 17.6 Å². The molecule has 0 aliphatic carbocycles. The minimum atomic E-state index is 0.405. The van der Waals surface area contributed by atoms with E-state index in [0.717, 1.165) is 38.2 Å². The number of aromatic hydroxyl groups is 1. The Morgan fingerprint density at radius 2 is 1.88 bits per heavy atom. The third-order valence-electron chi connectivity index (χ3n) is 5.23. The van der Waals surface area contributed by atoms with Crippen molar-refractivity contribution in [2.75, 3.05) is 19.6 Å². The number of hydrogen-bond acceptors (Lipinski definition) is 3. The van der Waals surface area contributed by atoms with Crippen molar-refractivity contribution in [3.63, 3.8) is 0 Å². The predicted molar refractivity (Wildman–Crippen MR) is 104 cm³/mol. The van der Waals surface area contributed by atoms with E-state index in [1.54, 1.807) is 6.07 Å². The Balaban J connectivity index is 1.62. The molecule has 1 fully saturated rings. The molecule has 132 valence electrons. The Bertz CT molecular complexity index is 671. The molecule has 0 spiro atoms. The van der Waals surface area contributed by atoms with E-state index in [1.807, 2.05) is 18.2 Å². The van der Waals surface area contributed by atoms with Gasteiger partial charge in [0.15, 0.2) is 0 Å². The number of nitrogens with zero attached hydrogens (tertiary/aromatic N) is 2. The molecule has 1 heterocycles. The summed E-state index contributed by atoms with van der Waals surface area (Å²) in [7, 11) is 0. The van der Waals surface area contributed by atoms with Gasteiger partial charge in [-0.05, 0) is 50.1 Å². The van der Waals surface area contributed by atoms with Gasteiger partial charge >= 0.3 is 0 Å². The van der Waals surface area contributed by atoms with Gasteiger partial charge in [-0.15, -0.1) is 0 Å². The number of phenolic OH excluding ortho intramolecular Hbond substituents is 1. The molecule has 3 nitrogen and oxygen atoms in total. The first kappa shape index (κ1) is 17.7. The number of hydrogen-bond donors (Lipinski definition) is 1. The Labute approximate surface area is 151 Å². The van der Waals surface area contributed by atoms with Gasteiger partial charge in [-0.25, -0.2) is 0 Å². The van der Waals surface area contributed by atoms with Crippen molar-refractivity contribution < 1.29 is 5.11 Å². The van der Waals surface area contributed by atoms with Crippen LogP contribution < -0.4 is 0 Å². The van der Waals surface area contributed by atoms with Crippen molar-refractivity contribution in [2.45, 2.75) is 31.7 Å². The monoisotopic (exact) mass is 336 g/mol. The third kappa shape index (κ3) is 4.93. The molecule has 1 aliphatic rings. The first-order chi connectivity index (χ1) is 12.3. The number of likely N-dealkylation sites (tertiary alicyclic amines) is 1. The smallest absolute Gasteiger partial charge is 0.120 e. The van der Waals surface area contributed by atoms with E-state index in [4.69, 9.17) is 0 Å². The van der Waals surface area contributed by atoms with Crippen LogP contribution in [0.5, 0.6) is 5.75 Å². The Hall–Kier alpha value is -2.13. The maximum Gasteiger partial charge on any atom is 0.120 e. The standard InChI is InChI=1S/C22H28N2O/c1-23-15-21(19-9-3-2-4-10-19)14-18-8-7-13-24(16-18)17-20-11-5-6-12-22(20)25/h2-6,9-12,18,21,25H,1,7-8,13-17H2/t18-,21?/m1/s1. The molecule has 3 rings (SSSR count). The van der Waals surface area contributed by atoms with Gasteiger partial charge in [-0.1, -0.05) is 48.5 Å². The lowest BCUT2D eigenvalue weighted by Gasteiger charge is -2.34. The highest BCUT2D eigenvalue weighted by molar-refractivity contribution is 5.31. The quantitative estimate of drug-likeness (QED) is 0.757. The lowest BCUT2D eigenvalue weighted by atomic mass is 9.84. The van der Waals surface area contributed by atoms with Crippen molar-refractivity contribution in [3.8, 4) is 5.75 Å². The van der Waals surface area contributed by atoms with Crippen molar-refractivity contribution in [1.82, 2.24) is 4.90 Å². The molecule has 2 aromatic carbocycles. The van der Waals surface area contributed by atoms with Gasteiger partial charge in [0.25, 0.3) is 0 Å². The average molecular weight is 336 g/mol. The zero-order valence-corrected chi connectivity index (χ0v) is 14.8. The summed E-state index contributed by atoms with van der Waals surface area (Å²) in [5.74, 6) is 1.53. The van der Waals surface area contributed by atoms with Crippen molar-refractivity contribution in [3.05, 3.63) is 65.7 Å². The van der Waals surface area contributed by atoms with Crippen LogP contribution >= 0.6 is 0 Å². The van der Waals surface area contributed by atoms with Crippen molar-refractivity contribution in [2.24, 2.45) is 10.9 Å². The predicted octanol–water partition coefficient (Wildman–Crippen LogP) is 4.48. The third-order valence-corrected chi connectivity index (χ3v) is 5.23. The second-order valence-corrected chi connectivity index (χ2v) is 7.12. The number of para-hydroxylation sites is 1. The van der Waals surface area contributed by atoms with Crippen LogP contribution in [0.25, 0.3) is 0 Å². The molecule has 0 bridgehead atoms.